The molecule has 1 saturated heterocycles. The lowest BCUT2D eigenvalue weighted by Gasteiger charge is -2.31. The summed E-state index contributed by atoms with van der Waals surface area (Å²) in [7, 11) is 0. The van der Waals surface area contributed by atoms with E-state index in [1.165, 1.54) is 0 Å². The Bertz CT molecular complexity index is 449. The first-order valence-electron chi connectivity index (χ1n) is 7.70. The quantitative estimate of drug-likeness (QED) is 0.925. The minimum atomic E-state index is 0.0596. The fourth-order valence-electron chi connectivity index (χ4n) is 2.50. The number of nitrogens with one attached hydrogen (secondary N) is 1. The lowest BCUT2D eigenvalue weighted by atomic mass is 10.0. The normalized spacial score (nSPS) is 26.6. The summed E-state index contributed by atoms with van der Waals surface area (Å²) in [4.78, 5) is 8.76. The third-order valence-electron chi connectivity index (χ3n) is 3.40. The first-order chi connectivity index (χ1) is 9.82. The standard InChI is InChI=1S/C16H27N3O2/c1-11-6-14(7-12(2)20-11)21-15-10-17-8-13(19-15)9-18-16(3,4)5/h8,10-12,14,18H,6-7,9H2,1-5H3. The Hall–Kier alpha value is -1.20. The Kier molecular flexibility index (Phi) is 5.17. The zero-order chi connectivity index (χ0) is 15.5. The molecule has 1 aliphatic rings. The van der Waals surface area contributed by atoms with Crippen molar-refractivity contribution >= 4 is 0 Å². The molecule has 0 radical (unpaired) electrons. The van der Waals surface area contributed by atoms with Crippen LogP contribution in [0.25, 0.3) is 0 Å². The van der Waals surface area contributed by atoms with E-state index in [1.807, 2.05) is 0 Å². The van der Waals surface area contributed by atoms with Crippen molar-refractivity contribution in [2.45, 2.75) is 77.9 Å². The van der Waals surface area contributed by atoms with Crippen molar-refractivity contribution in [2.75, 3.05) is 0 Å². The molecule has 118 valence electrons. The van der Waals surface area contributed by atoms with Crippen molar-refractivity contribution in [1.29, 1.82) is 0 Å². The molecule has 1 aromatic heterocycles. The fourth-order valence-corrected chi connectivity index (χ4v) is 2.50. The van der Waals surface area contributed by atoms with Gasteiger partial charge in [0.1, 0.15) is 6.10 Å². The molecule has 2 unspecified atom stereocenters. The first-order valence-corrected chi connectivity index (χ1v) is 7.70. The molecular weight excluding hydrogens is 266 g/mol. The van der Waals surface area contributed by atoms with Crippen LogP contribution in [0.4, 0.5) is 0 Å². The molecule has 2 rings (SSSR count). The van der Waals surface area contributed by atoms with Gasteiger partial charge < -0.3 is 14.8 Å². The van der Waals surface area contributed by atoms with Gasteiger partial charge in [-0.3, -0.25) is 4.98 Å². The fraction of sp³-hybridized carbons (Fsp3) is 0.750. The third-order valence-corrected chi connectivity index (χ3v) is 3.40. The van der Waals surface area contributed by atoms with E-state index in [-0.39, 0.29) is 23.9 Å². The monoisotopic (exact) mass is 293 g/mol. The van der Waals surface area contributed by atoms with E-state index in [2.05, 4.69) is 49.9 Å². The van der Waals surface area contributed by atoms with Crippen molar-refractivity contribution in [3.8, 4) is 5.88 Å². The second kappa shape index (κ2) is 6.71. The predicted molar refractivity (Wildman–Crippen MR) is 82.3 cm³/mol. The van der Waals surface area contributed by atoms with Crippen LogP contribution in [0.3, 0.4) is 0 Å². The number of hydrogen-bond acceptors (Lipinski definition) is 5. The number of hydrogen-bond donors (Lipinski definition) is 1. The lowest BCUT2D eigenvalue weighted by Crippen LogP contribution is -2.36. The van der Waals surface area contributed by atoms with Gasteiger partial charge in [-0.25, -0.2) is 4.98 Å². The molecule has 0 aliphatic carbocycles. The second-order valence-electron chi connectivity index (χ2n) is 6.92. The van der Waals surface area contributed by atoms with Gasteiger partial charge in [0.25, 0.3) is 0 Å². The molecule has 0 amide bonds. The van der Waals surface area contributed by atoms with Gasteiger partial charge in [0.15, 0.2) is 0 Å². The van der Waals surface area contributed by atoms with Gasteiger partial charge in [0, 0.05) is 31.1 Å². The number of nitrogens with zero attached hydrogens (tertiary/aromatic N) is 2. The van der Waals surface area contributed by atoms with E-state index in [4.69, 9.17) is 9.47 Å². The van der Waals surface area contributed by atoms with Gasteiger partial charge in [0.05, 0.1) is 24.1 Å². The minimum absolute atomic E-state index is 0.0596. The van der Waals surface area contributed by atoms with Crippen molar-refractivity contribution in [3.05, 3.63) is 18.1 Å². The first kappa shape index (κ1) is 16.2. The Morgan fingerprint density at radius 2 is 1.90 bits per heavy atom. The highest BCUT2D eigenvalue weighted by atomic mass is 16.5. The highest BCUT2D eigenvalue weighted by molar-refractivity contribution is 5.09. The third kappa shape index (κ3) is 5.59. The molecule has 1 aliphatic heterocycles. The minimum Gasteiger partial charge on any atom is -0.473 e. The van der Waals surface area contributed by atoms with Crippen LogP contribution in [-0.4, -0.2) is 33.8 Å². The summed E-state index contributed by atoms with van der Waals surface area (Å²) in [6.07, 6.45) is 5.89. The maximum absolute atomic E-state index is 5.99. The van der Waals surface area contributed by atoms with Gasteiger partial charge in [-0.2, -0.15) is 0 Å². The summed E-state index contributed by atoms with van der Waals surface area (Å²) in [5, 5.41) is 3.41. The summed E-state index contributed by atoms with van der Waals surface area (Å²) >= 11 is 0. The van der Waals surface area contributed by atoms with Crippen molar-refractivity contribution in [1.82, 2.24) is 15.3 Å². The van der Waals surface area contributed by atoms with Gasteiger partial charge in [-0.1, -0.05) is 0 Å². The van der Waals surface area contributed by atoms with Crippen LogP contribution >= 0.6 is 0 Å². The van der Waals surface area contributed by atoms with Crippen LogP contribution in [-0.2, 0) is 11.3 Å². The molecule has 5 heteroatoms. The summed E-state index contributed by atoms with van der Waals surface area (Å²) in [6, 6.07) is 0. The van der Waals surface area contributed by atoms with Crippen LogP contribution in [0.2, 0.25) is 0 Å². The maximum atomic E-state index is 5.99. The number of aromatic nitrogens is 2. The van der Waals surface area contributed by atoms with E-state index in [0.29, 0.717) is 12.4 Å². The number of ether oxygens (including phenoxy) is 2. The Morgan fingerprint density at radius 3 is 2.52 bits per heavy atom. The van der Waals surface area contributed by atoms with Gasteiger partial charge in [0.2, 0.25) is 5.88 Å². The van der Waals surface area contributed by atoms with E-state index < -0.39 is 0 Å². The zero-order valence-corrected chi connectivity index (χ0v) is 13.7. The van der Waals surface area contributed by atoms with Gasteiger partial charge in [-0.05, 0) is 34.6 Å². The van der Waals surface area contributed by atoms with Gasteiger partial charge >= 0.3 is 0 Å². The van der Waals surface area contributed by atoms with E-state index >= 15 is 0 Å². The highest BCUT2D eigenvalue weighted by Crippen LogP contribution is 2.23. The van der Waals surface area contributed by atoms with Gasteiger partial charge in [-0.15, -0.1) is 0 Å². The van der Waals surface area contributed by atoms with Crippen molar-refractivity contribution in [2.24, 2.45) is 0 Å². The molecule has 0 bridgehead atoms. The zero-order valence-electron chi connectivity index (χ0n) is 13.7. The van der Waals surface area contributed by atoms with Crippen molar-refractivity contribution < 1.29 is 9.47 Å². The molecule has 1 N–H and O–H groups in total. The lowest BCUT2D eigenvalue weighted by molar-refractivity contribution is -0.0730. The predicted octanol–water partition coefficient (Wildman–Crippen LogP) is 2.70. The Balaban J connectivity index is 1.94. The summed E-state index contributed by atoms with van der Waals surface area (Å²) in [6.45, 7) is 11.2. The molecule has 2 heterocycles. The van der Waals surface area contributed by atoms with Crippen LogP contribution < -0.4 is 10.1 Å². The molecule has 0 spiro atoms. The second-order valence-corrected chi connectivity index (χ2v) is 6.92. The summed E-state index contributed by atoms with van der Waals surface area (Å²) < 4.78 is 11.7. The maximum Gasteiger partial charge on any atom is 0.232 e. The van der Waals surface area contributed by atoms with E-state index in [1.54, 1.807) is 12.4 Å². The summed E-state index contributed by atoms with van der Waals surface area (Å²) in [5.41, 5.74) is 0.958. The molecule has 0 saturated carbocycles. The van der Waals surface area contributed by atoms with E-state index in [0.717, 1.165) is 18.5 Å². The molecular formula is C16H27N3O2. The largest absolute Gasteiger partial charge is 0.473 e. The van der Waals surface area contributed by atoms with Crippen LogP contribution in [0.5, 0.6) is 5.88 Å². The van der Waals surface area contributed by atoms with Crippen molar-refractivity contribution in [3.63, 3.8) is 0 Å². The average Bonchev–Trinajstić information content (AvgIpc) is 2.35. The topological polar surface area (TPSA) is 56.3 Å². The Morgan fingerprint density at radius 1 is 1.24 bits per heavy atom. The van der Waals surface area contributed by atoms with Crippen LogP contribution in [0.1, 0.15) is 53.2 Å². The molecule has 0 aromatic carbocycles. The van der Waals surface area contributed by atoms with Crippen LogP contribution in [0, 0.1) is 0 Å². The smallest absolute Gasteiger partial charge is 0.232 e. The van der Waals surface area contributed by atoms with E-state index in [9.17, 15) is 0 Å². The summed E-state index contributed by atoms with van der Waals surface area (Å²) in [5.74, 6) is 0.606. The molecule has 2 atom stereocenters. The number of rotatable bonds is 4. The Labute approximate surface area is 127 Å². The molecule has 1 aromatic rings. The molecule has 5 nitrogen and oxygen atoms in total. The average molecular weight is 293 g/mol. The molecule has 21 heavy (non-hydrogen) atoms. The molecule has 1 fully saturated rings. The highest BCUT2D eigenvalue weighted by Gasteiger charge is 2.26. The van der Waals surface area contributed by atoms with Crippen LogP contribution in [0.15, 0.2) is 12.4 Å². The SMILES string of the molecule is CC1CC(Oc2cncc(CNC(C)(C)C)n2)CC(C)O1.